The Hall–Kier alpha value is -0.0861. The van der Waals surface area contributed by atoms with Crippen LogP contribution in [0.15, 0.2) is 24.3 Å². The van der Waals surface area contributed by atoms with Crippen molar-refractivity contribution in [3.8, 4) is 5.75 Å². The predicted molar refractivity (Wildman–Crippen MR) is 37.9 cm³/mol. The Morgan fingerprint density at radius 2 is 1.54 bits per heavy atom. The summed E-state index contributed by atoms with van der Waals surface area (Å²) in [6.07, 6.45) is -4.60. The van der Waals surface area contributed by atoms with E-state index in [1.54, 1.807) is 19.1 Å². The number of halogens is 3. The summed E-state index contributed by atoms with van der Waals surface area (Å²) in [6, 6.07) is 5.67. The summed E-state index contributed by atoms with van der Waals surface area (Å²) in [5.41, 5.74) is 0.893. The molecule has 1 nitrogen and oxygen atoms in total. The van der Waals surface area contributed by atoms with Gasteiger partial charge in [0, 0.05) is 32.7 Å². The first-order chi connectivity index (χ1) is 5.47. The number of aryl methyl sites for hydroxylation is 1. The number of alkyl halides is 3. The van der Waals surface area contributed by atoms with E-state index >= 15 is 0 Å². The standard InChI is InChI=1S/C8H7F3O.Y/c1-6-2-4-7(5-3-6)12-8(9,10)11;/h2-5H,1H3;. The van der Waals surface area contributed by atoms with Crippen molar-refractivity contribution in [3.63, 3.8) is 0 Å². The molecule has 0 heterocycles. The van der Waals surface area contributed by atoms with Gasteiger partial charge in [-0.25, -0.2) is 0 Å². The third-order valence-electron chi connectivity index (χ3n) is 1.25. The van der Waals surface area contributed by atoms with E-state index in [1.807, 2.05) is 0 Å². The van der Waals surface area contributed by atoms with Gasteiger partial charge < -0.3 is 4.74 Å². The quantitative estimate of drug-likeness (QED) is 0.758. The molecule has 0 fully saturated rings. The van der Waals surface area contributed by atoms with E-state index in [1.165, 1.54) is 12.1 Å². The van der Waals surface area contributed by atoms with E-state index in [2.05, 4.69) is 4.74 Å². The third kappa shape index (κ3) is 5.26. The molecule has 5 heteroatoms. The Morgan fingerprint density at radius 3 is 1.92 bits per heavy atom. The molecule has 0 aliphatic heterocycles. The number of rotatable bonds is 1. The average Bonchev–Trinajstić information content (AvgIpc) is 1.91. The molecule has 0 unspecified atom stereocenters. The maximum atomic E-state index is 11.6. The molecule has 0 aliphatic carbocycles. The second-order valence-electron chi connectivity index (χ2n) is 2.36. The van der Waals surface area contributed by atoms with Crippen molar-refractivity contribution in [2.24, 2.45) is 0 Å². The Morgan fingerprint density at radius 1 is 1.08 bits per heavy atom. The van der Waals surface area contributed by atoms with Gasteiger partial charge in [-0.15, -0.1) is 13.2 Å². The summed E-state index contributed by atoms with van der Waals surface area (Å²) in [4.78, 5) is 0. The van der Waals surface area contributed by atoms with Crippen LogP contribution in [0.4, 0.5) is 13.2 Å². The summed E-state index contributed by atoms with van der Waals surface area (Å²) < 4.78 is 38.5. The smallest absolute Gasteiger partial charge is 0.406 e. The fraction of sp³-hybridized carbons (Fsp3) is 0.250. The van der Waals surface area contributed by atoms with E-state index in [-0.39, 0.29) is 38.5 Å². The van der Waals surface area contributed by atoms with E-state index in [0.717, 1.165) is 5.56 Å². The Balaban J connectivity index is 0.00000144. The summed E-state index contributed by atoms with van der Waals surface area (Å²) in [7, 11) is 0. The van der Waals surface area contributed by atoms with E-state index < -0.39 is 6.36 Å². The molecule has 13 heavy (non-hydrogen) atoms. The molecular formula is C8H7F3OY. The molecule has 0 amide bonds. The van der Waals surface area contributed by atoms with Crippen LogP contribution in [0.5, 0.6) is 5.75 Å². The summed E-state index contributed by atoms with van der Waals surface area (Å²) in [6.45, 7) is 1.79. The topological polar surface area (TPSA) is 9.23 Å². The SMILES string of the molecule is Cc1ccc(OC(F)(F)F)cc1.[Y]. The Bertz CT molecular complexity index is 255. The number of hydrogen-bond acceptors (Lipinski definition) is 1. The second-order valence-corrected chi connectivity index (χ2v) is 2.36. The van der Waals surface area contributed by atoms with Crippen molar-refractivity contribution in [2.75, 3.05) is 0 Å². The van der Waals surface area contributed by atoms with Gasteiger partial charge in [0.05, 0.1) is 0 Å². The van der Waals surface area contributed by atoms with Crippen LogP contribution >= 0.6 is 0 Å². The second kappa shape index (κ2) is 4.96. The normalized spacial score (nSPS) is 10.5. The maximum absolute atomic E-state index is 11.6. The Kier molecular flexibility index (Phi) is 4.93. The zero-order chi connectivity index (χ0) is 9.19. The number of benzene rings is 1. The first-order valence-electron chi connectivity index (χ1n) is 3.30. The molecule has 0 saturated carbocycles. The average molecular weight is 265 g/mol. The van der Waals surface area contributed by atoms with Gasteiger partial charge in [0.2, 0.25) is 0 Å². The monoisotopic (exact) mass is 265 g/mol. The van der Waals surface area contributed by atoms with Gasteiger partial charge >= 0.3 is 6.36 Å². The summed E-state index contributed by atoms with van der Waals surface area (Å²) in [5.74, 6) is -0.187. The Labute approximate surface area is 99.2 Å². The van der Waals surface area contributed by atoms with Crippen LogP contribution in [0.25, 0.3) is 0 Å². The molecule has 1 aromatic carbocycles. The zero-order valence-corrected chi connectivity index (χ0v) is 9.77. The summed E-state index contributed by atoms with van der Waals surface area (Å²) in [5, 5.41) is 0. The van der Waals surface area contributed by atoms with Gasteiger partial charge in [-0.2, -0.15) is 0 Å². The van der Waals surface area contributed by atoms with Crippen LogP contribution in [0.3, 0.4) is 0 Å². The molecule has 0 atom stereocenters. The molecule has 0 bridgehead atoms. The van der Waals surface area contributed by atoms with Gasteiger partial charge in [-0.3, -0.25) is 0 Å². The van der Waals surface area contributed by atoms with Crippen LogP contribution in [0.1, 0.15) is 5.56 Å². The van der Waals surface area contributed by atoms with E-state index in [9.17, 15) is 13.2 Å². The van der Waals surface area contributed by atoms with Gasteiger partial charge in [-0.1, -0.05) is 17.7 Å². The molecule has 1 radical (unpaired) electrons. The maximum Gasteiger partial charge on any atom is 0.573 e. The predicted octanol–water partition coefficient (Wildman–Crippen LogP) is 2.89. The first kappa shape index (κ1) is 12.9. The molecule has 69 valence electrons. The van der Waals surface area contributed by atoms with Gasteiger partial charge in [0.1, 0.15) is 5.75 Å². The van der Waals surface area contributed by atoms with Crippen molar-refractivity contribution >= 4 is 0 Å². The molecule has 0 N–H and O–H groups in total. The first-order valence-corrected chi connectivity index (χ1v) is 3.30. The van der Waals surface area contributed by atoms with Gasteiger partial charge in [0.25, 0.3) is 0 Å². The van der Waals surface area contributed by atoms with Crippen LogP contribution in [-0.4, -0.2) is 6.36 Å². The van der Waals surface area contributed by atoms with Crippen LogP contribution in [0.2, 0.25) is 0 Å². The fourth-order valence-electron chi connectivity index (χ4n) is 0.740. The molecule has 0 saturated heterocycles. The molecule has 0 aromatic heterocycles. The molecule has 1 aromatic rings. The fourth-order valence-corrected chi connectivity index (χ4v) is 0.740. The molecule has 0 aliphatic rings. The largest absolute Gasteiger partial charge is 0.573 e. The van der Waals surface area contributed by atoms with Gasteiger partial charge in [-0.05, 0) is 19.1 Å². The minimum absolute atomic E-state index is 0. The van der Waals surface area contributed by atoms with E-state index in [4.69, 9.17) is 0 Å². The third-order valence-corrected chi connectivity index (χ3v) is 1.25. The van der Waals surface area contributed by atoms with Crippen LogP contribution in [-0.2, 0) is 32.7 Å². The summed E-state index contributed by atoms with van der Waals surface area (Å²) >= 11 is 0. The van der Waals surface area contributed by atoms with Crippen molar-refractivity contribution in [3.05, 3.63) is 29.8 Å². The van der Waals surface area contributed by atoms with Crippen molar-refractivity contribution in [2.45, 2.75) is 13.3 Å². The van der Waals surface area contributed by atoms with Gasteiger partial charge in [0.15, 0.2) is 0 Å². The van der Waals surface area contributed by atoms with E-state index in [0.29, 0.717) is 0 Å². The molecule has 0 spiro atoms. The molecular weight excluding hydrogens is 258 g/mol. The van der Waals surface area contributed by atoms with Crippen molar-refractivity contribution < 1.29 is 50.6 Å². The number of ether oxygens (including phenoxy) is 1. The minimum atomic E-state index is -4.60. The zero-order valence-electron chi connectivity index (χ0n) is 6.93. The van der Waals surface area contributed by atoms with Crippen LogP contribution < -0.4 is 4.74 Å². The number of hydrogen-bond donors (Lipinski definition) is 0. The molecule has 1 rings (SSSR count). The van der Waals surface area contributed by atoms with Crippen molar-refractivity contribution in [1.29, 1.82) is 0 Å². The minimum Gasteiger partial charge on any atom is -0.406 e. The van der Waals surface area contributed by atoms with Crippen molar-refractivity contribution in [1.82, 2.24) is 0 Å². The van der Waals surface area contributed by atoms with Crippen LogP contribution in [0, 0.1) is 6.92 Å².